The number of nitrogens with one attached hydrogen (secondary N) is 1. The highest BCUT2D eigenvalue weighted by molar-refractivity contribution is 5.79. The molecule has 0 radical (unpaired) electrons. The molecule has 1 saturated heterocycles. The van der Waals surface area contributed by atoms with Crippen LogP contribution >= 0.6 is 0 Å². The van der Waals surface area contributed by atoms with E-state index in [4.69, 9.17) is 4.74 Å². The summed E-state index contributed by atoms with van der Waals surface area (Å²) in [5, 5.41) is 2.85. The molecule has 4 unspecified atom stereocenters. The number of hydrogen-bond acceptors (Lipinski definition) is 5. The Morgan fingerprint density at radius 2 is 1.07 bits per heavy atom. The first kappa shape index (κ1) is 44.3. The van der Waals surface area contributed by atoms with Crippen molar-refractivity contribution >= 4 is 23.6 Å². The molecular weight excluding hydrogens is 532 g/mol. The van der Waals surface area contributed by atoms with Crippen molar-refractivity contribution in [2.75, 3.05) is 53.5 Å². The number of nitrogens with zero attached hydrogens (tertiary/aromatic N) is 3. The van der Waals surface area contributed by atoms with Crippen molar-refractivity contribution in [3.05, 3.63) is 0 Å². The topological polar surface area (TPSA) is 99.3 Å². The van der Waals surface area contributed by atoms with Gasteiger partial charge in [0.05, 0.1) is 13.2 Å². The fourth-order valence-corrected chi connectivity index (χ4v) is 3.52. The van der Waals surface area contributed by atoms with Gasteiger partial charge in [-0.3, -0.25) is 19.2 Å². The largest absolute Gasteiger partial charge is 0.378 e. The molecule has 1 heterocycles. The van der Waals surface area contributed by atoms with Gasteiger partial charge in [0.25, 0.3) is 0 Å². The van der Waals surface area contributed by atoms with Crippen molar-refractivity contribution in [2.45, 2.75) is 115 Å². The lowest BCUT2D eigenvalue weighted by Gasteiger charge is -2.28. The summed E-state index contributed by atoms with van der Waals surface area (Å²) in [6, 6.07) is 0.265. The standard InChI is InChI=1S/C9H17NO2.C9H19NO.C8H17NO.C7H15NO/c1-3-8(2)9(11)10-4-6-12-7-5-10;1-5-8(4)9(11)10(6-2)7-3;1-5-7(4)8(10)9-6(2)3;1-5-6(2)7(9)8(3)4/h8H,3-7H2,1-2H3;8H,5-7H2,1-4H3;6-7H,5H2,1-4H3,(H,9,10);6H,5H2,1-4H3. The first-order chi connectivity index (χ1) is 19.6. The molecule has 0 aromatic carbocycles. The Morgan fingerprint density at radius 1 is 0.667 bits per heavy atom. The minimum atomic E-state index is 0.155. The maximum absolute atomic E-state index is 11.6. The highest BCUT2D eigenvalue weighted by atomic mass is 16.5. The third kappa shape index (κ3) is 20.7. The molecule has 4 amide bonds. The number of hydrogen-bond donors (Lipinski definition) is 1. The van der Waals surface area contributed by atoms with Crippen LogP contribution in [0.1, 0.15) is 109 Å². The molecule has 0 saturated carbocycles. The van der Waals surface area contributed by atoms with Crippen LogP contribution in [0.4, 0.5) is 0 Å². The van der Waals surface area contributed by atoms with Crippen molar-refractivity contribution in [1.29, 1.82) is 0 Å². The predicted octanol–water partition coefficient (Wildman–Crippen LogP) is 5.47. The summed E-state index contributed by atoms with van der Waals surface area (Å²) in [4.78, 5) is 50.6. The van der Waals surface area contributed by atoms with Crippen LogP contribution in [0.15, 0.2) is 0 Å². The first-order valence-electron chi connectivity index (χ1n) is 16.3. The van der Waals surface area contributed by atoms with Gasteiger partial charge < -0.3 is 24.8 Å². The van der Waals surface area contributed by atoms with E-state index in [1.54, 1.807) is 19.0 Å². The quantitative estimate of drug-likeness (QED) is 0.339. The lowest BCUT2D eigenvalue weighted by Crippen LogP contribution is -2.43. The smallest absolute Gasteiger partial charge is 0.225 e. The Bertz CT molecular complexity index is 719. The Labute approximate surface area is 259 Å². The lowest BCUT2D eigenvalue weighted by molar-refractivity contribution is -0.139. The molecule has 1 aliphatic heterocycles. The van der Waals surface area contributed by atoms with Crippen LogP contribution in [0.2, 0.25) is 0 Å². The Kier molecular flexibility index (Phi) is 27.9. The zero-order valence-corrected chi connectivity index (χ0v) is 29.8. The molecule has 9 nitrogen and oxygen atoms in total. The molecule has 0 aliphatic carbocycles. The zero-order valence-electron chi connectivity index (χ0n) is 29.8. The normalized spacial score (nSPS) is 15.2. The van der Waals surface area contributed by atoms with Gasteiger partial charge in [0.15, 0.2) is 0 Å². The van der Waals surface area contributed by atoms with E-state index < -0.39 is 0 Å². The molecule has 0 aromatic heterocycles. The molecule has 1 aliphatic rings. The second-order valence-electron chi connectivity index (χ2n) is 11.6. The Hall–Kier alpha value is -2.16. The van der Waals surface area contributed by atoms with Crippen LogP contribution in [0.25, 0.3) is 0 Å². The van der Waals surface area contributed by atoms with Crippen LogP contribution in [0.5, 0.6) is 0 Å². The second kappa shape index (κ2) is 26.5. The van der Waals surface area contributed by atoms with Gasteiger partial charge in [-0.25, -0.2) is 0 Å². The first-order valence-corrected chi connectivity index (χ1v) is 16.3. The molecule has 1 N–H and O–H groups in total. The molecule has 0 bridgehead atoms. The van der Waals surface area contributed by atoms with Crippen molar-refractivity contribution < 1.29 is 23.9 Å². The highest BCUT2D eigenvalue weighted by Gasteiger charge is 2.20. The van der Waals surface area contributed by atoms with E-state index in [0.717, 1.165) is 51.9 Å². The number of carbonyl (C=O) groups excluding carboxylic acids is 4. The van der Waals surface area contributed by atoms with Crippen molar-refractivity contribution in [3.63, 3.8) is 0 Å². The minimum Gasteiger partial charge on any atom is -0.378 e. The van der Waals surface area contributed by atoms with Crippen LogP contribution in [-0.4, -0.2) is 97.9 Å². The van der Waals surface area contributed by atoms with E-state index in [1.807, 2.05) is 92.9 Å². The third-order valence-corrected chi connectivity index (χ3v) is 7.43. The van der Waals surface area contributed by atoms with Gasteiger partial charge in [-0.2, -0.15) is 0 Å². The monoisotopic (exact) mass is 601 g/mol. The van der Waals surface area contributed by atoms with Crippen LogP contribution in [0.3, 0.4) is 0 Å². The van der Waals surface area contributed by atoms with Gasteiger partial charge in [0.1, 0.15) is 0 Å². The van der Waals surface area contributed by atoms with E-state index >= 15 is 0 Å². The Balaban J connectivity index is -0.000000486. The number of rotatable bonds is 11. The van der Waals surface area contributed by atoms with Gasteiger partial charge in [-0.1, -0.05) is 55.4 Å². The van der Waals surface area contributed by atoms with Crippen molar-refractivity contribution in [1.82, 2.24) is 20.0 Å². The summed E-state index contributed by atoms with van der Waals surface area (Å²) in [5.41, 5.74) is 0. The van der Waals surface area contributed by atoms with Crippen LogP contribution in [0, 0.1) is 23.7 Å². The maximum atomic E-state index is 11.6. The zero-order chi connectivity index (χ0) is 33.4. The molecule has 9 heteroatoms. The molecule has 0 aromatic rings. The predicted molar refractivity (Wildman–Crippen MR) is 175 cm³/mol. The highest BCUT2D eigenvalue weighted by Crippen LogP contribution is 2.08. The molecule has 1 rings (SSSR count). The van der Waals surface area contributed by atoms with Gasteiger partial charge in [0.2, 0.25) is 23.6 Å². The number of amides is 4. The van der Waals surface area contributed by atoms with E-state index in [-0.39, 0.29) is 53.3 Å². The summed E-state index contributed by atoms with van der Waals surface area (Å²) in [5.74, 6) is 1.65. The fourth-order valence-electron chi connectivity index (χ4n) is 3.52. The molecule has 1 fully saturated rings. The summed E-state index contributed by atoms with van der Waals surface area (Å²) in [7, 11) is 3.57. The summed E-state index contributed by atoms with van der Waals surface area (Å²) >= 11 is 0. The molecule has 0 spiro atoms. The van der Waals surface area contributed by atoms with Crippen molar-refractivity contribution in [3.8, 4) is 0 Å². The SMILES string of the molecule is CCC(C)C(=O)N(C)C.CCC(C)C(=O)N(CC)CC.CCC(C)C(=O)N1CCOCC1.CCC(C)C(=O)NC(C)C. The molecule has 250 valence electrons. The number of ether oxygens (including phenoxy) is 1. The molecule has 42 heavy (non-hydrogen) atoms. The van der Waals surface area contributed by atoms with Crippen molar-refractivity contribution in [2.24, 2.45) is 23.7 Å². The number of morpholine rings is 1. The van der Waals surface area contributed by atoms with E-state index in [2.05, 4.69) is 5.32 Å². The Morgan fingerprint density at radius 3 is 1.38 bits per heavy atom. The third-order valence-electron chi connectivity index (χ3n) is 7.43. The van der Waals surface area contributed by atoms with E-state index in [1.165, 1.54) is 0 Å². The fraction of sp³-hybridized carbons (Fsp3) is 0.879. The minimum absolute atomic E-state index is 0.155. The number of carbonyl (C=O) groups is 4. The summed E-state index contributed by atoms with van der Waals surface area (Å²) in [6.07, 6.45) is 3.71. The average Bonchev–Trinajstić information content (AvgIpc) is 2.99. The maximum Gasteiger partial charge on any atom is 0.225 e. The van der Waals surface area contributed by atoms with Gasteiger partial charge in [-0.15, -0.1) is 0 Å². The summed E-state index contributed by atoms with van der Waals surface area (Å²) in [6.45, 7) is 28.6. The lowest BCUT2D eigenvalue weighted by atomic mass is 10.1. The van der Waals surface area contributed by atoms with Crippen LogP contribution in [-0.2, 0) is 23.9 Å². The summed E-state index contributed by atoms with van der Waals surface area (Å²) < 4.78 is 5.17. The molecular formula is C33H68N4O5. The van der Waals surface area contributed by atoms with E-state index in [9.17, 15) is 19.2 Å². The second-order valence-corrected chi connectivity index (χ2v) is 11.6. The van der Waals surface area contributed by atoms with Gasteiger partial charge in [0, 0.05) is 70.0 Å². The molecule has 4 atom stereocenters. The van der Waals surface area contributed by atoms with Crippen LogP contribution < -0.4 is 5.32 Å². The van der Waals surface area contributed by atoms with Gasteiger partial charge >= 0.3 is 0 Å². The van der Waals surface area contributed by atoms with Gasteiger partial charge in [-0.05, 0) is 53.4 Å². The van der Waals surface area contributed by atoms with E-state index in [0.29, 0.717) is 13.2 Å². The average molecular weight is 601 g/mol.